The Balaban J connectivity index is 3.50. The fourth-order valence-corrected chi connectivity index (χ4v) is 0.803. The van der Waals surface area contributed by atoms with Crippen molar-refractivity contribution in [2.24, 2.45) is 11.5 Å². The first-order valence-corrected chi connectivity index (χ1v) is 3.62. The number of nitrogens with zero attached hydrogens (tertiary/aromatic N) is 1. The van der Waals surface area contributed by atoms with Gasteiger partial charge in [0.15, 0.2) is 0 Å². The zero-order chi connectivity index (χ0) is 7.82. The van der Waals surface area contributed by atoms with Gasteiger partial charge >= 0.3 is 0 Å². The predicted octanol–water partition coefficient (Wildman–Crippen LogP) is -0.261. The molecule has 0 bridgehead atoms. The van der Waals surface area contributed by atoms with E-state index in [0.717, 1.165) is 13.1 Å². The van der Waals surface area contributed by atoms with Crippen molar-refractivity contribution in [1.82, 2.24) is 4.90 Å². The maximum atomic E-state index is 5.37. The van der Waals surface area contributed by atoms with Crippen molar-refractivity contribution in [3.8, 4) is 0 Å². The van der Waals surface area contributed by atoms with Crippen molar-refractivity contribution in [3.63, 3.8) is 0 Å². The van der Waals surface area contributed by atoms with Crippen molar-refractivity contribution >= 4 is 0 Å². The molecular formula is C7H17N3. The highest BCUT2D eigenvalue weighted by Crippen LogP contribution is 1.85. The van der Waals surface area contributed by atoms with E-state index in [1.165, 1.54) is 0 Å². The third kappa shape index (κ3) is 4.35. The molecule has 0 aliphatic heterocycles. The lowest BCUT2D eigenvalue weighted by atomic mass is 10.5. The van der Waals surface area contributed by atoms with Crippen molar-refractivity contribution in [2.45, 2.75) is 6.92 Å². The highest BCUT2D eigenvalue weighted by Gasteiger charge is 1.92. The summed E-state index contributed by atoms with van der Waals surface area (Å²) in [5.74, 6) is 0. The van der Waals surface area contributed by atoms with E-state index in [4.69, 9.17) is 11.5 Å². The van der Waals surface area contributed by atoms with Gasteiger partial charge in [-0.3, -0.25) is 0 Å². The SMILES string of the molecule is CC=CN(CCN)CCN. The lowest BCUT2D eigenvalue weighted by Gasteiger charge is -2.17. The summed E-state index contributed by atoms with van der Waals surface area (Å²) < 4.78 is 0. The summed E-state index contributed by atoms with van der Waals surface area (Å²) in [6.45, 7) is 5.14. The van der Waals surface area contributed by atoms with Gasteiger partial charge in [0.1, 0.15) is 0 Å². The van der Waals surface area contributed by atoms with Crippen molar-refractivity contribution in [2.75, 3.05) is 26.2 Å². The molecule has 60 valence electrons. The highest BCUT2D eigenvalue weighted by atomic mass is 15.1. The molecule has 0 rings (SSSR count). The Labute approximate surface area is 62.7 Å². The van der Waals surface area contributed by atoms with Crippen LogP contribution < -0.4 is 11.5 Å². The van der Waals surface area contributed by atoms with Gasteiger partial charge in [-0.1, -0.05) is 6.08 Å². The molecular weight excluding hydrogens is 126 g/mol. The normalized spacial score (nSPS) is 10.7. The van der Waals surface area contributed by atoms with E-state index in [9.17, 15) is 0 Å². The molecule has 0 amide bonds. The number of allylic oxidation sites excluding steroid dienone is 1. The summed E-state index contributed by atoms with van der Waals surface area (Å²) in [6.07, 6.45) is 4.00. The van der Waals surface area contributed by atoms with E-state index >= 15 is 0 Å². The maximum absolute atomic E-state index is 5.37. The molecule has 3 nitrogen and oxygen atoms in total. The van der Waals surface area contributed by atoms with Crippen LogP contribution in [0.4, 0.5) is 0 Å². The minimum atomic E-state index is 0.685. The van der Waals surface area contributed by atoms with Gasteiger partial charge in [0.25, 0.3) is 0 Å². The second-order valence-electron chi connectivity index (χ2n) is 2.10. The first-order chi connectivity index (χ1) is 4.85. The van der Waals surface area contributed by atoms with E-state index in [1.54, 1.807) is 0 Å². The average molecular weight is 143 g/mol. The molecule has 0 heterocycles. The minimum absolute atomic E-state index is 0.685. The van der Waals surface area contributed by atoms with Crippen LogP contribution in [0.2, 0.25) is 0 Å². The highest BCUT2D eigenvalue weighted by molar-refractivity contribution is 4.78. The Bertz CT molecular complexity index is 84.9. The summed E-state index contributed by atoms with van der Waals surface area (Å²) in [5.41, 5.74) is 10.7. The molecule has 0 aromatic heterocycles. The smallest absolute Gasteiger partial charge is 0.0296 e. The standard InChI is InChI=1S/C7H17N3/c1-2-5-10(6-3-8)7-4-9/h2,5H,3-4,6-9H2,1H3. The molecule has 0 unspecified atom stereocenters. The molecule has 0 saturated heterocycles. The molecule has 4 N–H and O–H groups in total. The van der Waals surface area contributed by atoms with Gasteiger partial charge in [0.05, 0.1) is 0 Å². The van der Waals surface area contributed by atoms with Crippen LogP contribution in [0.1, 0.15) is 6.92 Å². The molecule has 10 heavy (non-hydrogen) atoms. The van der Waals surface area contributed by atoms with Gasteiger partial charge in [0, 0.05) is 26.2 Å². The summed E-state index contributed by atoms with van der Waals surface area (Å²) in [7, 11) is 0. The molecule has 0 atom stereocenters. The Hall–Kier alpha value is -0.540. The fraction of sp³-hybridized carbons (Fsp3) is 0.714. The van der Waals surface area contributed by atoms with Gasteiger partial charge < -0.3 is 16.4 Å². The predicted molar refractivity (Wildman–Crippen MR) is 44.5 cm³/mol. The van der Waals surface area contributed by atoms with Crippen LogP contribution >= 0.6 is 0 Å². The lowest BCUT2D eigenvalue weighted by Crippen LogP contribution is -2.29. The third-order valence-electron chi connectivity index (χ3n) is 1.19. The lowest BCUT2D eigenvalue weighted by molar-refractivity contribution is 0.395. The number of nitrogens with two attached hydrogens (primary N) is 2. The average Bonchev–Trinajstić information content (AvgIpc) is 1.90. The Morgan fingerprint density at radius 2 is 1.70 bits per heavy atom. The first-order valence-electron chi connectivity index (χ1n) is 3.62. The molecule has 0 radical (unpaired) electrons. The summed E-state index contributed by atoms with van der Waals surface area (Å²) in [6, 6.07) is 0. The van der Waals surface area contributed by atoms with Crippen LogP contribution in [0.3, 0.4) is 0 Å². The molecule has 0 saturated carbocycles. The third-order valence-corrected chi connectivity index (χ3v) is 1.19. The van der Waals surface area contributed by atoms with Gasteiger partial charge in [-0.2, -0.15) is 0 Å². The van der Waals surface area contributed by atoms with Gasteiger partial charge in [-0.15, -0.1) is 0 Å². The molecule has 0 spiro atoms. The maximum Gasteiger partial charge on any atom is 0.0296 e. The van der Waals surface area contributed by atoms with E-state index in [2.05, 4.69) is 4.90 Å². The minimum Gasteiger partial charge on any atom is -0.375 e. The van der Waals surface area contributed by atoms with Gasteiger partial charge in [0.2, 0.25) is 0 Å². The van der Waals surface area contributed by atoms with E-state index in [1.807, 2.05) is 19.2 Å². The molecule has 3 heteroatoms. The van der Waals surface area contributed by atoms with Crippen LogP contribution in [-0.4, -0.2) is 31.1 Å². The van der Waals surface area contributed by atoms with E-state index < -0.39 is 0 Å². The second kappa shape index (κ2) is 6.58. The molecule has 0 aliphatic carbocycles. The van der Waals surface area contributed by atoms with Crippen LogP contribution in [0.5, 0.6) is 0 Å². The Morgan fingerprint density at radius 3 is 2.00 bits per heavy atom. The van der Waals surface area contributed by atoms with Crippen molar-refractivity contribution in [3.05, 3.63) is 12.3 Å². The summed E-state index contributed by atoms with van der Waals surface area (Å²) >= 11 is 0. The zero-order valence-electron chi connectivity index (χ0n) is 6.59. The number of rotatable bonds is 5. The zero-order valence-corrected chi connectivity index (χ0v) is 6.59. The summed E-state index contributed by atoms with van der Waals surface area (Å²) in [5, 5.41) is 0. The van der Waals surface area contributed by atoms with Gasteiger partial charge in [-0.25, -0.2) is 0 Å². The fourth-order valence-electron chi connectivity index (χ4n) is 0.803. The van der Waals surface area contributed by atoms with E-state index in [0.29, 0.717) is 13.1 Å². The Morgan fingerprint density at radius 1 is 1.20 bits per heavy atom. The largest absolute Gasteiger partial charge is 0.375 e. The van der Waals surface area contributed by atoms with Crippen molar-refractivity contribution < 1.29 is 0 Å². The van der Waals surface area contributed by atoms with Gasteiger partial charge in [-0.05, 0) is 13.1 Å². The number of hydrogen-bond donors (Lipinski definition) is 2. The van der Waals surface area contributed by atoms with Crippen LogP contribution in [0.15, 0.2) is 12.3 Å². The Kier molecular flexibility index (Phi) is 6.22. The van der Waals surface area contributed by atoms with Crippen LogP contribution in [0, 0.1) is 0 Å². The first kappa shape index (κ1) is 9.46. The number of hydrogen-bond acceptors (Lipinski definition) is 3. The topological polar surface area (TPSA) is 55.3 Å². The summed E-state index contributed by atoms with van der Waals surface area (Å²) in [4.78, 5) is 2.11. The van der Waals surface area contributed by atoms with Crippen LogP contribution in [0.25, 0.3) is 0 Å². The molecule has 0 aromatic rings. The quantitative estimate of drug-likeness (QED) is 0.557. The molecule has 0 fully saturated rings. The van der Waals surface area contributed by atoms with Crippen LogP contribution in [-0.2, 0) is 0 Å². The molecule has 0 aliphatic rings. The van der Waals surface area contributed by atoms with Crippen molar-refractivity contribution in [1.29, 1.82) is 0 Å². The van der Waals surface area contributed by atoms with E-state index in [-0.39, 0.29) is 0 Å². The monoisotopic (exact) mass is 143 g/mol. The second-order valence-corrected chi connectivity index (χ2v) is 2.10. The molecule has 0 aromatic carbocycles.